The van der Waals surface area contributed by atoms with Gasteiger partial charge in [0, 0.05) is 5.56 Å². The highest BCUT2D eigenvalue weighted by atomic mass is 32.1. The van der Waals surface area contributed by atoms with Gasteiger partial charge in [0.05, 0.1) is 19.1 Å². The summed E-state index contributed by atoms with van der Waals surface area (Å²) >= 11 is 1.47. The average molecular weight is 331 g/mol. The first-order valence-electron chi connectivity index (χ1n) is 6.62. The molecule has 118 valence electrons. The number of thiophene rings is 1. The topological polar surface area (TPSA) is 86.5 Å². The van der Waals surface area contributed by atoms with Crippen LogP contribution >= 0.6 is 11.3 Å². The van der Waals surface area contributed by atoms with Crippen molar-refractivity contribution in [2.45, 2.75) is 0 Å². The van der Waals surface area contributed by atoms with Gasteiger partial charge in [-0.25, -0.2) is 0 Å². The maximum absolute atomic E-state index is 12.2. The Labute approximate surface area is 135 Å². The Morgan fingerprint density at radius 3 is 2.70 bits per heavy atom. The van der Waals surface area contributed by atoms with Gasteiger partial charge in [-0.2, -0.15) is 0 Å². The van der Waals surface area contributed by atoms with E-state index in [1.54, 1.807) is 18.2 Å². The number of aromatic nitrogens is 2. The molecule has 8 heteroatoms. The normalized spacial score (nSPS) is 10.3. The van der Waals surface area contributed by atoms with Crippen LogP contribution in [0.3, 0.4) is 0 Å². The smallest absolute Gasteiger partial charge is 0.322 e. The van der Waals surface area contributed by atoms with Crippen LogP contribution in [0.4, 0.5) is 6.01 Å². The molecule has 0 unspecified atom stereocenters. The fourth-order valence-corrected chi connectivity index (χ4v) is 2.56. The second kappa shape index (κ2) is 6.49. The first-order chi connectivity index (χ1) is 11.2. The number of rotatable bonds is 5. The summed E-state index contributed by atoms with van der Waals surface area (Å²) in [5.41, 5.74) is 0.388. The quantitative estimate of drug-likeness (QED) is 0.773. The van der Waals surface area contributed by atoms with Gasteiger partial charge in [-0.05, 0) is 29.6 Å². The Kier molecular flexibility index (Phi) is 4.24. The van der Waals surface area contributed by atoms with Crippen LogP contribution < -0.4 is 14.8 Å². The van der Waals surface area contributed by atoms with Crippen molar-refractivity contribution >= 4 is 23.3 Å². The number of benzene rings is 1. The lowest BCUT2D eigenvalue weighted by Crippen LogP contribution is -2.12. The van der Waals surface area contributed by atoms with E-state index in [1.165, 1.54) is 25.6 Å². The fraction of sp³-hybridized carbons (Fsp3) is 0.133. The summed E-state index contributed by atoms with van der Waals surface area (Å²) in [5, 5.41) is 12.2. The second-order valence-corrected chi connectivity index (χ2v) is 5.36. The first-order valence-corrected chi connectivity index (χ1v) is 7.50. The van der Waals surface area contributed by atoms with Gasteiger partial charge >= 0.3 is 6.01 Å². The molecule has 0 radical (unpaired) electrons. The van der Waals surface area contributed by atoms with Crippen molar-refractivity contribution in [3.05, 3.63) is 41.3 Å². The van der Waals surface area contributed by atoms with Crippen LogP contribution in [0.5, 0.6) is 11.5 Å². The Morgan fingerprint density at radius 1 is 1.17 bits per heavy atom. The van der Waals surface area contributed by atoms with Gasteiger partial charge in [-0.1, -0.05) is 11.2 Å². The summed E-state index contributed by atoms with van der Waals surface area (Å²) in [6.07, 6.45) is 0. The third-order valence-corrected chi connectivity index (χ3v) is 3.88. The zero-order valence-electron chi connectivity index (χ0n) is 12.4. The van der Waals surface area contributed by atoms with Crippen molar-refractivity contribution in [1.29, 1.82) is 0 Å². The lowest BCUT2D eigenvalue weighted by molar-refractivity contribution is 0.102. The Hall–Kier alpha value is -2.87. The maximum Gasteiger partial charge on any atom is 0.322 e. The molecular formula is C15H13N3O4S. The van der Waals surface area contributed by atoms with E-state index in [2.05, 4.69) is 15.5 Å². The number of amides is 1. The Balaban J connectivity index is 1.77. The SMILES string of the molecule is COc1ccc(C(=O)Nc2nnc(-c3cccs3)o2)cc1OC. The van der Waals surface area contributed by atoms with Crippen molar-refractivity contribution in [3.8, 4) is 22.3 Å². The number of nitrogens with zero attached hydrogens (tertiary/aromatic N) is 2. The monoisotopic (exact) mass is 331 g/mol. The van der Waals surface area contributed by atoms with E-state index in [4.69, 9.17) is 13.9 Å². The van der Waals surface area contributed by atoms with Crippen LogP contribution in [-0.4, -0.2) is 30.3 Å². The number of nitrogens with one attached hydrogen (secondary N) is 1. The van der Waals surface area contributed by atoms with Crippen LogP contribution in [0.2, 0.25) is 0 Å². The number of methoxy groups -OCH3 is 2. The first kappa shape index (κ1) is 15.0. The molecule has 0 fully saturated rings. The number of hydrogen-bond donors (Lipinski definition) is 1. The molecule has 0 bridgehead atoms. The van der Waals surface area contributed by atoms with E-state index >= 15 is 0 Å². The van der Waals surface area contributed by atoms with E-state index < -0.39 is 0 Å². The third kappa shape index (κ3) is 3.16. The van der Waals surface area contributed by atoms with E-state index in [-0.39, 0.29) is 11.9 Å². The van der Waals surface area contributed by atoms with Crippen LogP contribution in [0, 0.1) is 0 Å². The summed E-state index contributed by atoms with van der Waals surface area (Å²) < 4.78 is 15.7. The van der Waals surface area contributed by atoms with Gasteiger partial charge in [0.25, 0.3) is 11.8 Å². The predicted molar refractivity (Wildman–Crippen MR) is 85.1 cm³/mol. The zero-order chi connectivity index (χ0) is 16.2. The molecule has 3 rings (SSSR count). The lowest BCUT2D eigenvalue weighted by atomic mass is 10.2. The molecule has 1 aromatic carbocycles. The summed E-state index contributed by atoms with van der Waals surface area (Å²) in [4.78, 5) is 13.1. The lowest BCUT2D eigenvalue weighted by Gasteiger charge is -2.08. The highest BCUT2D eigenvalue weighted by Gasteiger charge is 2.15. The minimum Gasteiger partial charge on any atom is -0.493 e. The van der Waals surface area contributed by atoms with Gasteiger partial charge < -0.3 is 13.9 Å². The molecule has 3 aromatic rings. The van der Waals surface area contributed by atoms with Crippen molar-refractivity contribution < 1.29 is 18.7 Å². The highest BCUT2D eigenvalue weighted by molar-refractivity contribution is 7.13. The molecule has 0 aliphatic rings. The third-order valence-electron chi connectivity index (χ3n) is 3.02. The standard InChI is InChI=1S/C15H13N3O4S/c1-20-10-6-5-9(8-11(10)21-2)13(19)16-15-18-17-14(22-15)12-4-3-7-23-12/h3-8H,1-2H3,(H,16,18,19). The number of carbonyl (C=O) groups excluding carboxylic acids is 1. The van der Waals surface area contributed by atoms with Gasteiger partial charge in [0.2, 0.25) is 0 Å². The van der Waals surface area contributed by atoms with Gasteiger partial charge in [0.15, 0.2) is 11.5 Å². The maximum atomic E-state index is 12.2. The summed E-state index contributed by atoms with van der Waals surface area (Å²) in [6.45, 7) is 0. The molecular weight excluding hydrogens is 318 g/mol. The van der Waals surface area contributed by atoms with Crippen LogP contribution in [-0.2, 0) is 0 Å². The number of anilines is 1. The second-order valence-electron chi connectivity index (χ2n) is 4.41. The predicted octanol–water partition coefficient (Wildman–Crippen LogP) is 3.07. The Morgan fingerprint density at radius 2 is 2.00 bits per heavy atom. The van der Waals surface area contributed by atoms with E-state index in [1.807, 2.05) is 17.5 Å². The Bertz CT molecular complexity index is 814. The number of carbonyl (C=O) groups is 1. The van der Waals surface area contributed by atoms with Crippen molar-refractivity contribution in [3.63, 3.8) is 0 Å². The fourth-order valence-electron chi connectivity index (χ4n) is 1.92. The number of ether oxygens (including phenoxy) is 2. The average Bonchev–Trinajstić information content (AvgIpc) is 3.25. The van der Waals surface area contributed by atoms with Gasteiger partial charge in [-0.3, -0.25) is 10.1 Å². The molecule has 0 aliphatic heterocycles. The molecule has 0 saturated carbocycles. The van der Waals surface area contributed by atoms with Crippen molar-refractivity contribution in [2.24, 2.45) is 0 Å². The molecule has 2 aromatic heterocycles. The van der Waals surface area contributed by atoms with E-state index in [0.717, 1.165) is 4.88 Å². The van der Waals surface area contributed by atoms with Crippen LogP contribution in [0.15, 0.2) is 40.1 Å². The molecule has 2 heterocycles. The summed E-state index contributed by atoms with van der Waals surface area (Å²) in [5.74, 6) is 0.988. The van der Waals surface area contributed by atoms with Crippen LogP contribution in [0.1, 0.15) is 10.4 Å². The molecule has 0 saturated heterocycles. The largest absolute Gasteiger partial charge is 0.493 e. The van der Waals surface area contributed by atoms with E-state index in [9.17, 15) is 4.79 Å². The van der Waals surface area contributed by atoms with E-state index in [0.29, 0.717) is 23.0 Å². The summed E-state index contributed by atoms with van der Waals surface area (Å²) in [7, 11) is 3.03. The zero-order valence-corrected chi connectivity index (χ0v) is 13.2. The van der Waals surface area contributed by atoms with Crippen LogP contribution in [0.25, 0.3) is 10.8 Å². The summed E-state index contributed by atoms with van der Waals surface area (Å²) in [6, 6.07) is 8.62. The molecule has 1 N–H and O–H groups in total. The number of hydrogen-bond acceptors (Lipinski definition) is 7. The molecule has 0 spiro atoms. The molecule has 7 nitrogen and oxygen atoms in total. The molecule has 1 amide bonds. The minimum absolute atomic E-state index is 0.0354. The van der Waals surface area contributed by atoms with Crippen molar-refractivity contribution in [2.75, 3.05) is 19.5 Å². The minimum atomic E-state index is -0.382. The molecule has 0 aliphatic carbocycles. The van der Waals surface area contributed by atoms with Gasteiger partial charge in [-0.15, -0.1) is 16.4 Å². The van der Waals surface area contributed by atoms with Crippen molar-refractivity contribution in [1.82, 2.24) is 10.2 Å². The highest BCUT2D eigenvalue weighted by Crippen LogP contribution is 2.28. The molecule has 0 atom stereocenters. The molecule has 23 heavy (non-hydrogen) atoms. The van der Waals surface area contributed by atoms with Gasteiger partial charge in [0.1, 0.15) is 0 Å².